The van der Waals surface area contributed by atoms with E-state index >= 15 is 0 Å². The van der Waals surface area contributed by atoms with Crippen LogP contribution in [0.4, 0.5) is 10.1 Å². The molecule has 1 aliphatic rings. The normalized spacial score (nSPS) is 17.9. The molecule has 3 rings (SSSR count). The highest BCUT2D eigenvalue weighted by Crippen LogP contribution is 2.38. The summed E-state index contributed by atoms with van der Waals surface area (Å²) in [6.45, 7) is 0. The molecule has 19 heavy (non-hydrogen) atoms. The zero-order valence-electron chi connectivity index (χ0n) is 10.2. The van der Waals surface area contributed by atoms with Crippen LogP contribution in [0.5, 0.6) is 0 Å². The zero-order chi connectivity index (χ0) is 13.2. The summed E-state index contributed by atoms with van der Waals surface area (Å²) in [5.74, 6) is 0.877. The molecule has 1 N–H and O–H groups in total. The molecule has 0 saturated heterocycles. The Balaban J connectivity index is 1.86. The van der Waals surface area contributed by atoms with Gasteiger partial charge in [-0.1, -0.05) is 18.2 Å². The largest absolute Gasteiger partial charge is 0.378 e. The van der Waals surface area contributed by atoms with E-state index in [1.165, 1.54) is 16.5 Å². The van der Waals surface area contributed by atoms with E-state index in [4.69, 9.17) is 0 Å². The fourth-order valence-electron chi connectivity index (χ4n) is 2.28. The molecule has 0 aromatic heterocycles. The average Bonchev–Trinajstić information content (AvgIpc) is 2.43. The third kappa shape index (κ3) is 2.79. The van der Waals surface area contributed by atoms with E-state index in [-0.39, 0.29) is 5.82 Å². The fraction of sp³-hybridized carbons (Fsp3) is 0.200. The van der Waals surface area contributed by atoms with Crippen LogP contribution in [0.1, 0.15) is 18.0 Å². The SMILES string of the molecule is Fc1ccc(NC2CCSc3ccccc32)cc1Br. The van der Waals surface area contributed by atoms with Crippen molar-refractivity contribution in [3.8, 4) is 0 Å². The Labute approximate surface area is 124 Å². The summed E-state index contributed by atoms with van der Waals surface area (Å²) in [6.07, 6.45) is 1.08. The van der Waals surface area contributed by atoms with Gasteiger partial charge in [-0.25, -0.2) is 4.39 Å². The molecule has 2 aromatic rings. The molecule has 1 aliphatic heterocycles. The van der Waals surface area contributed by atoms with Crippen molar-refractivity contribution in [2.75, 3.05) is 11.1 Å². The van der Waals surface area contributed by atoms with Crippen molar-refractivity contribution < 1.29 is 4.39 Å². The molecule has 1 heterocycles. The van der Waals surface area contributed by atoms with Crippen LogP contribution < -0.4 is 5.32 Å². The van der Waals surface area contributed by atoms with Gasteiger partial charge in [0.15, 0.2) is 0 Å². The summed E-state index contributed by atoms with van der Waals surface area (Å²) in [6, 6.07) is 13.8. The average molecular weight is 338 g/mol. The van der Waals surface area contributed by atoms with E-state index < -0.39 is 0 Å². The van der Waals surface area contributed by atoms with Crippen molar-refractivity contribution in [2.24, 2.45) is 0 Å². The molecular weight excluding hydrogens is 325 g/mol. The number of halogens is 2. The molecule has 0 radical (unpaired) electrons. The summed E-state index contributed by atoms with van der Waals surface area (Å²) in [5.41, 5.74) is 2.28. The molecule has 4 heteroatoms. The van der Waals surface area contributed by atoms with Gasteiger partial charge in [-0.3, -0.25) is 0 Å². The van der Waals surface area contributed by atoms with Crippen molar-refractivity contribution in [1.29, 1.82) is 0 Å². The summed E-state index contributed by atoms with van der Waals surface area (Å²) in [7, 11) is 0. The van der Waals surface area contributed by atoms with Gasteiger partial charge in [0.2, 0.25) is 0 Å². The zero-order valence-corrected chi connectivity index (χ0v) is 12.6. The van der Waals surface area contributed by atoms with Crippen LogP contribution >= 0.6 is 27.7 Å². The Kier molecular flexibility index (Phi) is 3.80. The second-order valence-corrected chi connectivity index (χ2v) is 6.49. The lowest BCUT2D eigenvalue weighted by atomic mass is 10.0. The lowest BCUT2D eigenvalue weighted by Crippen LogP contribution is -2.16. The maximum Gasteiger partial charge on any atom is 0.137 e. The molecule has 0 amide bonds. The summed E-state index contributed by atoms with van der Waals surface area (Å²) in [4.78, 5) is 1.34. The summed E-state index contributed by atoms with van der Waals surface area (Å²) in [5, 5.41) is 3.50. The van der Waals surface area contributed by atoms with Gasteiger partial charge >= 0.3 is 0 Å². The molecular formula is C15H13BrFNS. The third-order valence-electron chi connectivity index (χ3n) is 3.22. The van der Waals surface area contributed by atoms with Crippen molar-refractivity contribution in [2.45, 2.75) is 17.4 Å². The van der Waals surface area contributed by atoms with Crippen LogP contribution in [-0.4, -0.2) is 5.75 Å². The van der Waals surface area contributed by atoms with Crippen LogP contribution in [-0.2, 0) is 0 Å². The Morgan fingerprint density at radius 3 is 2.89 bits per heavy atom. The van der Waals surface area contributed by atoms with E-state index in [1.54, 1.807) is 12.1 Å². The fourth-order valence-corrected chi connectivity index (χ4v) is 3.78. The minimum Gasteiger partial charge on any atom is -0.378 e. The molecule has 1 nitrogen and oxygen atoms in total. The number of fused-ring (bicyclic) bond motifs is 1. The molecule has 0 spiro atoms. The standard InChI is InChI=1S/C15H13BrFNS/c16-12-9-10(5-6-13(12)17)18-14-7-8-19-15-4-2-1-3-11(14)15/h1-6,9,14,18H,7-8H2. The quantitative estimate of drug-likeness (QED) is 0.804. The Morgan fingerprint density at radius 2 is 2.05 bits per heavy atom. The van der Waals surface area contributed by atoms with Gasteiger partial charge < -0.3 is 5.32 Å². The lowest BCUT2D eigenvalue weighted by Gasteiger charge is -2.26. The number of rotatable bonds is 2. The predicted molar refractivity (Wildman–Crippen MR) is 82.2 cm³/mol. The summed E-state index contributed by atoms with van der Waals surface area (Å²) < 4.78 is 13.7. The van der Waals surface area contributed by atoms with Crippen molar-refractivity contribution in [3.05, 3.63) is 58.3 Å². The van der Waals surface area contributed by atoms with Crippen LogP contribution in [0, 0.1) is 5.82 Å². The second kappa shape index (κ2) is 5.55. The first kappa shape index (κ1) is 13.0. The van der Waals surface area contributed by atoms with Crippen LogP contribution in [0.15, 0.2) is 51.8 Å². The second-order valence-electron chi connectivity index (χ2n) is 4.50. The number of hydrogen-bond acceptors (Lipinski definition) is 2. The first-order chi connectivity index (χ1) is 9.24. The van der Waals surface area contributed by atoms with Crippen molar-refractivity contribution in [3.63, 3.8) is 0 Å². The van der Waals surface area contributed by atoms with E-state index in [0.29, 0.717) is 10.5 Å². The third-order valence-corrected chi connectivity index (χ3v) is 4.95. The van der Waals surface area contributed by atoms with Gasteiger partial charge in [-0.2, -0.15) is 0 Å². The maximum absolute atomic E-state index is 13.2. The number of hydrogen-bond donors (Lipinski definition) is 1. The minimum atomic E-state index is -0.231. The first-order valence-corrected chi connectivity index (χ1v) is 7.95. The molecule has 0 saturated carbocycles. The van der Waals surface area contributed by atoms with Crippen LogP contribution in [0.3, 0.4) is 0 Å². The van der Waals surface area contributed by atoms with Gasteiger partial charge in [-0.05, 0) is 52.2 Å². The first-order valence-electron chi connectivity index (χ1n) is 6.17. The van der Waals surface area contributed by atoms with Crippen LogP contribution in [0.25, 0.3) is 0 Å². The highest BCUT2D eigenvalue weighted by molar-refractivity contribution is 9.10. The molecule has 2 aromatic carbocycles. The minimum absolute atomic E-state index is 0.231. The van der Waals surface area contributed by atoms with Crippen LogP contribution in [0.2, 0.25) is 0 Å². The predicted octanol–water partition coefficient (Wildman–Crippen LogP) is 5.24. The smallest absolute Gasteiger partial charge is 0.137 e. The molecule has 1 unspecified atom stereocenters. The highest BCUT2D eigenvalue weighted by Gasteiger charge is 2.20. The molecule has 1 atom stereocenters. The van der Waals surface area contributed by atoms with Gasteiger partial charge in [-0.15, -0.1) is 11.8 Å². The number of thioether (sulfide) groups is 1. The van der Waals surface area contributed by atoms with Gasteiger partial charge in [0.25, 0.3) is 0 Å². The summed E-state index contributed by atoms with van der Waals surface area (Å²) >= 11 is 5.12. The Morgan fingerprint density at radius 1 is 1.21 bits per heavy atom. The van der Waals surface area contributed by atoms with E-state index in [9.17, 15) is 4.39 Å². The number of benzene rings is 2. The van der Waals surface area contributed by atoms with Gasteiger partial charge in [0, 0.05) is 16.3 Å². The molecule has 0 aliphatic carbocycles. The van der Waals surface area contributed by atoms with Gasteiger partial charge in [0.1, 0.15) is 5.82 Å². The van der Waals surface area contributed by atoms with Crippen molar-refractivity contribution >= 4 is 33.4 Å². The monoisotopic (exact) mass is 337 g/mol. The Bertz CT molecular complexity index is 602. The molecule has 0 fully saturated rings. The molecule has 0 bridgehead atoms. The number of nitrogens with one attached hydrogen (secondary N) is 1. The van der Waals surface area contributed by atoms with E-state index in [2.05, 4.69) is 45.5 Å². The number of anilines is 1. The Hall–Kier alpha value is -1.00. The maximum atomic E-state index is 13.2. The van der Waals surface area contributed by atoms with Crippen molar-refractivity contribution in [1.82, 2.24) is 0 Å². The van der Waals surface area contributed by atoms with E-state index in [0.717, 1.165) is 17.9 Å². The molecule has 98 valence electrons. The topological polar surface area (TPSA) is 12.0 Å². The lowest BCUT2D eigenvalue weighted by molar-refractivity contribution is 0.621. The van der Waals surface area contributed by atoms with Gasteiger partial charge in [0.05, 0.1) is 10.5 Å². The highest BCUT2D eigenvalue weighted by atomic mass is 79.9. The van der Waals surface area contributed by atoms with E-state index in [1.807, 2.05) is 11.8 Å².